The molecule has 6 nitrogen and oxygen atoms in total. The van der Waals surface area contributed by atoms with Crippen molar-refractivity contribution in [3.05, 3.63) is 72.9 Å². The number of rotatable bonds is 40. The average Bonchev–Trinajstić information content (AvgIpc) is 3.19. The third-order valence-corrected chi connectivity index (χ3v) is 9.46. The molecule has 0 N–H and O–H groups in total. The summed E-state index contributed by atoms with van der Waals surface area (Å²) in [6.45, 7) is 6.38. The molecule has 0 amide bonds. The molecular formula is C50H84O6. The standard InChI is InChI=1S/C50H84O6/c1-4-7-10-13-16-19-22-24-25-26-27-29-31-34-37-40-43-49(52)55-46-47(45-54-48(51)42-39-36-33-30-21-18-15-12-9-6-3)56-50(53)44-41-38-35-32-28-23-20-17-14-11-8-5-2/h7,10,15-16,18-19,24-25,27,29,34,37,47H,4-6,8-9,11-14,17,20-23,26,28,30-33,35-36,38-46H2,1-3H3/b10-7-,18-15-,19-16-,25-24-,29-27-,37-34-. The molecular weight excluding hydrogens is 697 g/mol. The lowest BCUT2D eigenvalue weighted by atomic mass is 10.0. The summed E-state index contributed by atoms with van der Waals surface area (Å²) in [5.41, 5.74) is 0. The smallest absolute Gasteiger partial charge is 0.306 e. The predicted octanol–water partition coefficient (Wildman–Crippen LogP) is 14.7. The molecule has 1 unspecified atom stereocenters. The van der Waals surface area contributed by atoms with Gasteiger partial charge < -0.3 is 14.2 Å². The van der Waals surface area contributed by atoms with Crippen molar-refractivity contribution in [1.29, 1.82) is 0 Å². The molecule has 56 heavy (non-hydrogen) atoms. The molecule has 0 aromatic rings. The molecule has 0 aliphatic rings. The van der Waals surface area contributed by atoms with Gasteiger partial charge in [0.15, 0.2) is 6.10 Å². The number of esters is 3. The Kier molecular flexibility index (Phi) is 42.1. The van der Waals surface area contributed by atoms with Crippen LogP contribution in [0.5, 0.6) is 0 Å². The summed E-state index contributed by atoms with van der Waals surface area (Å²) in [5.74, 6) is -1.01. The molecule has 0 saturated heterocycles. The number of carbonyl (C=O) groups is 3. The zero-order valence-corrected chi connectivity index (χ0v) is 36.4. The van der Waals surface area contributed by atoms with Gasteiger partial charge in [0.2, 0.25) is 0 Å². The summed E-state index contributed by atoms with van der Waals surface area (Å²) < 4.78 is 16.6. The van der Waals surface area contributed by atoms with Gasteiger partial charge in [0, 0.05) is 19.3 Å². The molecule has 0 bridgehead atoms. The predicted molar refractivity (Wildman–Crippen MR) is 238 cm³/mol. The van der Waals surface area contributed by atoms with Crippen LogP contribution in [0.25, 0.3) is 0 Å². The van der Waals surface area contributed by atoms with Crippen molar-refractivity contribution >= 4 is 17.9 Å². The van der Waals surface area contributed by atoms with Crippen molar-refractivity contribution in [2.45, 2.75) is 213 Å². The number of carbonyl (C=O) groups excluding carboxylic acids is 3. The molecule has 0 saturated carbocycles. The van der Waals surface area contributed by atoms with E-state index >= 15 is 0 Å². The van der Waals surface area contributed by atoms with Crippen molar-refractivity contribution in [2.24, 2.45) is 0 Å². The van der Waals surface area contributed by atoms with Crippen LogP contribution in [-0.2, 0) is 28.6 Å². The van der Waals surface area contributed by atoms with Gasteiger partial charge in [-0.25, -0.2) is 0 Å². The lowest BCUT2D eigenvalue weighted by Gasteiger charge is -2.18. The number of hydrogen-bond donors (Lipinski definition) is 0. The van der Waals surface area contributed by atoms with E-state index in [4.69, 9.17) is 14.2 Å². The van der Waals surface area contributed by atoms with Crippen LogP contribution < -0.4 is 0 Å². The van der Waals surface area contributed by atoms with Crippen molar-refractivity contribution in [3.8, 4) is 0 Å². The lowest BCUT2D eigenvalue weighted by Crippen LogP contribution is -2.30. The number of unbranched alkanes of at least 4 members (excludes halogenated alkanes) is 17. The fraction of sp³-hybridized carbons (Fsp3) is 0.700. The maximum Gasteiger partial charge on any atom is 0.306 e. The van der Waals surface area contributed by atoms with Crippen molar-refractivity contribution in [3.63, 3.8) is 0 Å². The average molecular weight is 781 g/mol. The van der Waals surface area contributed by atoms with Gasteiger partial charge in [-0.2, -0.15) is 0 Å². The SMILES string of the molecule is CC/C=C\C/C=C\C/C=C\C/C=C\C/C=C\CCC(=O)OCC(COC(=O)CCCCCC/C=C\CCCC)OC(=O)CCCCCCCCCCCCCC. The summed E-state index contributed by atoms with van der Waals surface area (Å²) >= 11 is 0. The van der Waals surface area contributed by atoms with Crippen molar-refractivity contribution < 1.29 is 28.6 Å². The molecule has 0 spiro atoms. The van der Waals surface area contributed by atoms with Gasteiger partial charge in [0.05, 0.1) is 0 Å². The maximum absolute atomic E-state index is 12.7. The van der Waals surface area contributed by atoms with E-state index in [1.54, 1.807) is 0 Å². The van der Waals surface area contributed by atoms with E-state index in [1.165, 1.54) is 70.6 Å². The third kappa shape index (κ3) is 42.0. The molecule has 320 valence electrons. The largest absolute Gasteiger partial charge is 0.462 e. The molecule has 0 aromatic heterocycles. The van der Waals surface area contributed by atoms with E-state index < -0.39 is 6.10 Å². The minimum atomic E-state index is -0.805. The first-order valence-electron chi connectivity index (χ1n) is 22.9. The highest BCUT2D eigenvalue weighted by Crippen LogP contribution is 2.14. The highest BCUT2D eigenvalue weighted by atomic mass is 16.6. The first-order chi connectivity index (χ1) is 27.5. The molecule has 0 rings (SSSR count). The van der Waals surface area contributed by atoms with Crippen molar-refractivity contribution in [1.82, 2.24) is 0 Å². The molecule has 0 fully saturated rings. The highest BCUT2D eigenvalue weighted by Gasteiger charge is 2.19. The van der Waals surface area contributed by atoms with Crippen LogP contribution in [0, 0.1) is 0 Å². The Hall–Kier alpha value is -3.15. The quantitative estimate of drug-likeness (QED) is 0.0267. The summed E-state index contributed by atoms with van der Waals surface area (Å²) in [6.07, 6.45) is 54.7. The Morgan fingerprint density at radius 3 is 1.25 bits per heavy atom. The summed E-state index contributed by atoms with van der Waals surface area (Å²) in [5, 5.41) is 0. The fourth-order valence-electron chi connectivity index (χ4n) is 6.00. The summed E-state index contributed by atoms with van der Waals surface area (Å²) in [7, 11) is 0. The Bertz CT molecular complexity index is 1080. The zero-order valence-electron chi connectivity index (χ0n) is 36.4. The molecule has 0 radical (unpaired) electrons. The number of ether oxygens (including phenoxy) is 3. The van der Waals surface area contributed by atoms with E-state index in [0.29, 0.717) is 19.3 Å². The summed E-state index contributed by atoms with van der Waals surface area (Å²) in [6, 6.07) is 0. The van der Waals surface area contributed by atoms with E-state index in [0.717, 1.165) is 89.9 Å². The van der Waals surface area contributed by atoms with Crippen molar-refractivity contribution in [2.75, 3.05) is 13.2 Å². The normalized spacial score (nSPS) is 12.7. The lowest BCUT2D eigenvalue weighted by molar-refractivity contribution is -0.166. The van der Waals surface area contributed by atoms with Crippen LogP contribution in [0.1, 0.15) is 207 Å². The van der Waals surface area contributed by atoms with Gasteiger partial charge in [-0.3, -0.25) is 14.4 Å². The monoisotopic (exact) mass is 781 g/mol. The molecule has 1 atom stereocenters. The minimum absolute atomic E-state index is 0.104. The Morgan fingerprint density at radius 2 is 0.750 bits per heavy atom. The fourth-order valence-corrected chi connectivity index (χ4v) is 6.00. The third-order valence-electron chi connectivity index (χ3n) is 9.46. The van der Waals surface area contributed by atoms with Gasteiger partial charge in [-0.15, -0.1) is 0 Å². The van der Waals surface area contributed by atoms with Crippen LogP contribution in [0.2, 0.25) is 0 Å². The van der Waals surface area contributed by atoms with Crippen LogP contribution in [0.3, 0.4) is 0 Å². The second-order valence-corrected chi connectivity index (χ2v) is 14.9. The molecule has 0 aliphatic carbocycles. The zero-order chi connectivity index (χ0) is 40.8. The minimum Gasteiger partial charge on any atom is -0.462 e. The van der Waals surface area contributed by atoms with Gasteiger partial charge in [0.25, 0.3) is 0 Å². The van der Waals surface area contributed by atoms with Gasteiger partial charge >= 0.3 is 17.9 Å². The Labute approximate surface area is 344 Å². The van der Waals surface area contributed by atoms with E-state index in [-0.39, 0.29) is 37.5 Å². The second kappa shape index (κ2) is 44.6. The number of hydrogen-bond acceptors (Lipinski definition) is 6. The van der Waals surface area contributed by atoms with Gasteiger partial charge in [-0.05, 0) is 70.6 Å². The van der Waals surface area contributed by atoms with Gasteiger partial charge in [-0.1, -0.05) is 190 Å². The molecule has 0 aliphatic heterocycles. The van der Waals surface area contributed by atoms with Gasteiger partial charge in [0.1, 0.15) is 13.2 Å². The maximum atomic E-state index is 12.7. The van der Waals surface area contributed by atoms with Crippen LogP contribution in [-0.4, -0.2) is 37.2 Å². The first kappa shape index (κ1) is 52.9. The summed E-state index contributed by atoms with van der Waals surface area (Å²) in [4.78, 5) is 37.7. The molecule has 0 aromatic carbocycles. The second-order valence-electron chi connectivity index (χ2n) is 14.9. The van der Waals surface area contributed by atoms with E-state index in [2.05, 4.69) is 81.5 Å². The topological polar surface area (TPSA) is 78.9 Å². The first-order valence-corrected chi connectivity index (χ1v) is 22.9. The number of allylic oxidation sites excluding steroid dienone is 12. The van der Waals surface area contributed by atoms with E-state index in [9.17, 15) is 14.4 Å². The van der Waals surface area contributed by atoms with E-state index in [1.807, 2.05) is 12.2 Å². The highest BCUT2D eigenvalue weighted by molar-refractivity contribution is 5.71. The Balaban J connectivity index is 4.49. The van der Waals surface area contributed by atoms with Crippen LogP contribution in [0.4, 0.5) is 0 Å². The van der Waals surface area contributed by atoms with Crippen LogP contribution >= 0.6 is 0 Å². The Morgan fingerprint density at radius 1 is 0.375 bits per heavy atom. The molecule has 6 heteroatoms. The van der Waals surface area contributed by atoms with Crippen LogP contribution in [0.15, 0.2) is 72.9 Å². The molecule has 0 heterocycles.